The molecule has 0 spiro atoms. The summed E-state index contributed by atoms with van der Waals surface area (Å²) in [6.07, 6.45) is -4.69. The minimum absolute atomic E-state index is 0.659. The van der Waals surface area contributed by atoms with Gasteiger partial charge in [-0.15, -0.1) is 0 Å². The molecule has 0 aromatic heterocycles. The zero-order chi connectivity index (χ0) is 16.4. The van der Waals surface area contributed by atoms with E-state index in [1.54, 1.807) is 0 Å². The monoisotopic (exact) mass is 328 g/mol. The molecule has 1 aliphatic heterocycles. The summed E-state index contributed by atoms with van der Waals surface area (Å²) >= 11 is 0. The van der Waals surface area contributed by atoms with Crippen molar-refractivity contribution >= 4 is 16.1 Å². The van der Waals surface area contributed by atoms with Gasteiger partial charge in [-0.3, -0.25) is 4.18 Å². The van der Waals surface area contributed by atoms with Crippen LogP contribution in [0.25, 0.3) is 0 Å². The molecule has 0 aromatic rings. The van der Waals surface area contributed by atoms with E-state index < -0.39 is 52.9 Å². The predicted molar refractivity (Wildman–Crippen MR) is 68.7 cm³/mol. The summed E-state index contributed by atoms with van der Waals surface area (Å²) in [5, 5.41) is 18.8. The number of carbonyl (C=O) groups is 1. The minimum Gasteiger partial charge on any atom is -0.467 e. The van der Waals surface area contributed by atoms with Crippen LogP contribution in [0.15, 0.2) is 0 Å². The predicted octanol–water partition coefficient (Wildman–Crippen LogP) is -1.62. The van der Waals surface area contributed by atoms with Crippen LogP contribution in [-0.2, 0) is 33.3 Å². The van der Waals surface area contributed by atoms with E-state index in [9.17, 15) is 18.3 Å². The first-order valence-corrected chi connectivity index (χ1v) is 7.93. The van der Waals surface area contributed by atoms with Crippen molar-refractivity contribution in [2.24, 2.45) is 0 Å². The molecule has 0 saturated carbocycles. The Hall–Kier alpha value is -0.780. The van der Waals surface area contributed by atoms with E-state index in [-0.39, 0.29) is 0 Å². The van der Waals surface area contributed by atoms with Gasteiger partial charge in [0.25, 0.3) is 10.1 Å². The maximum Gasteiger partial charge on any atom is 0.339 e. The van der Waals surface area contributed by atoms with Gasteiger partial charge in [0, 0.05) is 0 Å². The second-order valence-electron chi connectivity index (χ2n) is 5.06. The fourth-order valence-corrected chi connectivity index (χ4v) is 2.55. The maximum absolute atomic E-state index is 11.8. The Bertz CT molecular complexity index is 472. The molecule has 21 heavy (non-hydrogen) atoms. The van der Waals surface area contributed by atoms with Crippen molar-refractivity contribution in [2.45, 2.75) is 44.1 Å². The number of hydrogen-bond acceptors (Lipinski definition) is 9. The smallest absolute Gasteiger partial charge is 0.339 e. The number of rotatable bonds is 6. The molecule has 9 nitrogen and oxygen atoms in total. The van der Waals surface area contributed by atoms with Crippen LogP contribution in [0, 0.1) is 0 Å². The molecule has 10 heteroatoms. The molecule has 0 radical (unpaired) electrons. The van der Waals surface area contributed by atoms with Gasteiger partial charge >= 0.3 is 5.97 Å². The Labute approximate surface area is 122 Å². The zero-order valence-corrected chi connectivity index (χ0v) is 13.0. The molecule has 4 atom stereocenters. The highest BCUT2D eigenvalue weighted by Crippen LogP contribution is 2.33. The van der Waals surface area contributed by atoms with E-state index in [4.69, 9.17) is 18.8 Å². The van der Waals surface area contributed by atoms with E-state index in [1.165, 1.54) is 13.8 Å². The SMILES string of the molecule is COC(=O)[C@H](OS(C)(=O)=O)[C@H]1OC(C)(C)O[C@@H]1[C@H](O)CO. The van der Waals surface area contributed by atoms with Crippen molar-refractivity contribution in [2.75, 3.05) is 20.0 Å². The van der Waals surface area contributed by atoms with Crippen molar-refractivity contribution in [3.63, 3.8) is 0 Å². The van der Waals surface area contributed by atoms with Crippen molar-refractivity contribution in [1.82, 2.24) is 0 Å². The standard InChI is InChI=1S/C11H20O9S/c1-11(2)18-7(6(13)5-12)8(19-11)9(10(14)17-3)20-21(4,15)16/h6-9,12-13H,5H2,1-4H3/t6-,7-,8+,9-/m1/s1. The lowest BCUT2D eigenvalue weighted by Crippen LogP contribution is -2.49. The van der Waals surface area contributed by atoms with Gasteiger partial charge in [0.15, 0.2) is 5.79 Å². The van der Waals surface area contributed by atoms with Crippen LogP contribution in [0.2, 0.25) is 0 Å². The average Bonchev–Trinajstić information content (AvgIpc) is 2.69. The van der Waals surface area contributed by atoms with Gasteiger partial charge in [0.1, 0.15) is 18.3 Å². The van der Waals surface area contributed by atoms with Crippen LogP contribution < -0.4 is 0 Å². The molecule has 2 N–H and O–H groups in total. The Morgan fingerprint density at radius 1 is 1.33 bits per heavy atom. The molecule has 1 fully saturated rings. The van der Waals surface area contributed by atoms with Gasteiger partial charge in [0.05, 0.1) is 20.0 Å². The first-order chi connectivity index (χ1) is 9.50. The first kappa shape index (κ1) is 18.3. The number of aliphatic hydroxyl groups is 2. The first-order valence-electron chi connectivity index (χ1n) is 6.11. The summed E-state index contributed by atoms with van der Waals surface area (Å²) in [7, 11) is -2.93. The Morgan fingerprint density at radius 3 is 2.29 bits per heavy atom. The Morgan fingerprint density at radius 2 is 1.86 bits per heavy atom. The maximum atomic E-state index is 11.8. The van der Waals surface area contributed by atoms with E-state index in [0.717, 1.165) is 13.4 Å². The van der Waals surface area contributed by atoms with Crippen molar-refractivity contribution < 1.29 is 41.8 Å². The molecule has 124 valence electrons. The summed E-state index contributed by atoms with van der Waals surface area (Å²) in [5.74, 6) is -2.19. The van der Waals surface area contributed by atoms with Gasteiger partial charge in [-0.25, -0.2) is 4.79 Å². The highest BCUT2D eigenvalue weighted by Gasteiger charge is 2.52. The topological polar surface area (TPSA) is 129 Å². The van der Waals surface area contributed by atoms with Gasteiger partial charge in [0.2, 0.25) is 6.10 Å². The molecule has 0 bridgehead atoms. The molecular formula is C11H20O9S. The fraction of sp³-hybridized carbons (Fsp3) is 0.909. The van der Waals surface area contributed by atoms with E-state index in [2.05, 4.69) is 4.74 Å². The summed E-state index contributed by atoms with van der Waals surface area (Å²) in [4.78, 5) is 11.8. The lowest BCUT2D eigenvalue weighted by Gasteiger charge is -2.25. The summed E-state index contributed by atoms with van der Waals surface area (Å²) < 4.78 is 42.6. The van der Waals surface area contributed by atoms with Crippen molar-refractivity contribution in [3.05, 3.63) is 0 Å². The van der Waals surface area contributed by atoms with Crippen molar-refractivity contribution in [1.29, 1.82) is 0 Å². The Kier molecular flexibility index (Phi) is 5.69. The summed E-state index contributed by atoms with van der Waals surface area (Å²) in [6.45, 7) is 2.37. The lowest BCUT2D eigenvalue weighted by molar-refractivity contribution is -0.169. The fourth-order valence-electron chi connectivity index (χ4n) is 1.99. The normalized spacial score (nSPS) is 28.1. The number of esters is 1. The highest BCUT2D eigenvalue weighted by atomic mass is 32.2. The quantitative estimate of drug-likeness (QED) is 0.436. The molecule has 0 aliphatic carbocycles. The number of methoxy groups -OCH3 is 1. The highest BCUT2D eigenvalue weighted by molar-refractivity contribution is 7.86. The molecule has 1 aliphatic rings. The molecule has 0 unspecified atom stereocenters. The third-order valence-corrected chi connectivity index (χ3v) is 3.30. The molecular weight excluding hydrogens is 308 g/mol. The minimum atomic E-state index is -3.99. The van der Waals surface area contributed by atoms with Crippen LogP contribution in [0.5, 0.6) is 0 Å². The van der Waals surface area contributed by atoms with Crippen LogP contribution >= 0.6 is 0 Å². The van der Waals surface area contributed by atoms with Gasteiger partial charge in [-0.1, -0.05) is 0 Å². The van der Waals surface area contributed by atoms with E-state index >= 15 is 0 Å². The molecule has 1 rings (SSSR count). The summed E-state index contributed by atoms with van der Waals surface area (Å²) in [5.41, 5.74) is 0. The third kappa shape index (κ3) is 4.87. The molecule has 0 aromatic carbocycles. The number of carbonyl (C=O) groups excluding carboxylic acids is 1. The van der Waals surface area contributed by atoms with Crippen LogP contribution in [0.3, 0.4) is 0 Å². The third-order valence-electron chi connectivity index (χ3n) is 2.74. The van der Waals surface area contributed by atoms with Gasteiger partial charge in [-0.2, -0.15) is 8.42 Å². The van der Waals surface area contributed by atoms with Crippen LogP contribution in [0.4, 0.5) is 0 Å². The zero-order valence-electron chi connectivity index (χ0n) is 12.2. The second kappa shape index (κ2) is 6.55. The number of hydrogen-bond donors (Lipinski definition) is 2. The Balaban J connectivity index is 3.10. The average molecular weight is 328 g/mol. The van der Waals surface area contributed by atoms with Crippen LogP contribution in [0.1, 0.15) is 13.8 Å². The molecule has 1 saturated heterocycles. The number of ether oxygens (including phenoxy) is 3. The molecule has 1 heterocycles. The van der Waals surface area contributed by atoms with Gasteiger partial charge in [-0.05, 0) is 13.8 Å². The van der Waals surface area contributed by atoms with Crippen LogP contribution in [-0.4, -0.2) is 74.8 Å². The van der Waals surface area contributed by atoms with Crippen molar-refractivity contribution in [3.8, 4) is 0 Å². The van der Waals surface area contributed by atoms with E-state index in [0.29, 0.717) is 0 Å². The largest absolute Gasteiger partial charge is 0.467 e. The summed E-state index contributed by atoms with van der Waals surface area (Å²) in [6, 6.07) is 0. The van der Waals surface area contributed by atoms with E-state index in [1.807, 2.05) is 0 Å². The second-order valence-corrected chi connectivity index (χ2v) is 6.66. The molecule has 0 amide bonds. The van der Waals surface area contributed by atoms with Gasteiger partial charge < -0.3 is 24.4 Å². The number of aliphatic hydroxyl groups excluding tert-OH is 2. The lowest BCUT2D eigenvalue weighted by atomic mass is 10.0.